The van der Waals surface area contributed by atoms with E-state index >= 15 is 0 Å². The average Bonchev–Trinajstić information content (AvgIpc) is 2.86. The number of halogens is 2. The quantitative estimate of drug-likeness (QED) is 0.335. The van der Waals surface area contributed by atoms with Crippen LogP contribution >= 0.6 is 23.2 Å². The van der Waals surface area contributed by atoms with Crippen LogP contribution in [0, 0.1) is 20.8 Å². The smallest absolute Gasteiger partial charge is 0.265 e. The maximum atomic E-state index is 14.2. The monoisotopic (exact) mass is 538 g/mol. The summed E-state index contributed by atoms with van der Waals surface area (Å²) in [6, 6.07) is 18.5. The number of aryl methyl sites for hydroxylation is 3. The summed E-state index contributed by atoms with van der Waals surface area (Å²) in [7, 11) is 0. The molecule has 0 spiro atoms. The van der Waals surface area contributed by atoms with E-state index < -0.39 is 5.54 Å². The molecule has 0 saturated heterocycles. The zero-order valence-electron chi connectivity index (χ0n) is 21.4. The summed E-state index contributed by atoms with van der Waals surface area (Å²) in [5.74, 6) is -0.125. The number of ether oxygens (including phenoxy) is 1. The van der Waals surface area contributed by atoms with Crippen LogP contribution in [0.4, 0.5) is 11.4 Å². The van der Waals surface area contributed by atoms with Gasteiger partial charge >= 0.3 is 0 Å². The molecule has 5 nitrogen and oxygen atoms in total. The Labute approximate surface area is 228 Å². The first-order chi connectivity index (χ1) is 17.7. The standard InChI is InChI=1S/C30H32Cl2N2O3/c1-20-9-7-12-24(17-20)34(27(35)19-37-26-14-13-23(31)18-25(26)32)30(15-5-4-6-16-30)29(36)33-28-21(2)10-8-11-22(28)3/h7-14,17-18H,4-6,15-16,19H2,1-3H3,(H,33,36). The molecule has 3 aromatic carbocycles. The van der Waals surface area contributed by atoms with Crippen molar-refractivity contribution in [1.29, 1.82) is 0 Å². The molecule has 37 heavy (non-hydrogen) atoms. The number of hydrogen-bond donors (Lipinski definition) is 1. The number of benzene rings is 3. The normalized spacial score (nSPS) is 14.6. The van der Waals surface area contributed by atoms with Gasteiger partial charge in [-0.1, -0.05) is 72.8 Å². The van der Waals surface area contributed by atoms with Crippen molar-refractivity contribution in [3.63, 3.8) is 0 Å². The number of hydrogen-bond acceptors (Lipinski definition) is 3. The molecule has 2 amide bonds. The highest BCUT2D eigenvalue weighted by Crippen LogP contribution is 2.39. The van der Waals surface area contributed by atoms with Crippen molar-refractivity contribution in [2.75, 3.05) is 16.8 Å². The van der Waals surface area contributed by atoms with Gasteiger partial charge in [0.15, 0.2) is 6.61 Å². The molecule has 3 aromatic rings. The second kappa shape index (κ2) is 11.6. The molecule has 1 saturated carbocycles. The van der Waals surface area contributed by atoms with Gasteiger partial charge in [0.25, 0.3) is 11.8 Å². The van der Waals surface area contributed by atoms with E-state index in [4.69, 9.17) is 27.9 Å². The summed E-state index contributed by atoms with van der Waals surface area (Å²) < 4.78 is 5.84. The first-order valence-electron chi connectivity index (χ1n) is 12.6. The summed E-state index contributed by atoms with van der Waals surface area (Å²) in [5, 5.41) is 3.99. The third-order valence-electron chi connectivity index (χ3n) is 7.01. The van der Waals surface area contributed by atoms with Gasteiger partial charge in [-0.2, -0.15) is 0 Å². The van der Waals surface area contributed by atoms with Crippen LogP contribution in [-0.4, -0.2) is 24.0 Å². The summed E-state index contributed by atoms with van der Waals surface area (Å²) in [5.41, 5.74) is 3.37. The van der Waals surface area contributed by atoms with Crippen LogP contribution in [0.2, 0.25) is 10.0 Å². The van der Waals surface area contributed by atoms with Crippen LogP contribution in [0.3, 0.4) is 0 Å². The maximum Gasteiger partial charge on any atom is 0.265 e. The van der Waals surface area contributed by atoms with Crippen LogP contribution < -0.4 is 15.0 Å². The van der Waals surface area contributed by atoms with Gasteiger partial charge in [-0.25, -0.2) is 0 Å². The number of carbonyl (C=O) groups excluding carboxylic acids is 2. The zero-order valence-corrected chi connectivity index (χ0v) is 23.0. The second-order valence-corrected chi connectivity index (χ2v) is 10.6. The maximum absolute atomic E-state index is 14.2. The molecule has 0 aromatic heterocycles. The number of rotatable bonds is 7. The Bertz CT molecular complexity index is 1280. The largest absolute Gasteiger partial charge is 0.482 e. The molecule has 1 aliphatic rings. The first-order valence-corrected chi connectivity index (χ1v) is 13.3. The van der Waals surface area contributed by atoms with E-state index in [1.807, 2.05) is 63.2 Å². The van der Waals surface area contributed by atoms with Crippen LogP contribution in [0.15, 0.2) is 60.7 Å². The lowest BCUT2D eigenvalue weighted by atomic mass is 9.78. The Kier molecular flexibility index (Phi) is 8.46. The van der Waals surface area contributed by atoms with Crippen molar-refractivity contribution in [3.05, 3.63) is 87.4 Å². The first kappa shape index (κ1) is 27.0. The van der Waals surface area contributed by atoms with E-state index in [9.17, 15) is 9.59 Å². The van der Waals surface area contributed by atoms with Crippen LogP contribution in [0.1, 0.15) is 48.8 Å². The van der Waals surface area contributed by atoms with E-state index in [2.05, 4.69) is 5.32 Å². The Balaban J connectivity index is 1.73. The molecular weight excluding hydrogens is 507 g/mol. The van der Waals surface area contributed by atoms with E-state index in [1.165, 1.54) is 0 Å². The number of nitrogens with zero attached hydrogens (tertiary/aromatic N) is 1. The van der Waals surface area contributed by atoms with E-state index in [-0.39, 0.29) is 18.4 Å². The van der Waals surface area contributed by atoms with Crippen molar-refractivity contribution < 1.29 is 14.3 Å². The molecule has 0 aliphatic heterocycles. The highest BCUT2D eigenvalue weighted by atomic mass is 35.5. The van der Waals surface area contributed by atoms with Crippen molar-refractivity contribution in [2.45, 2.75) is 58.4 Å². The van der Waals surface area contributed by atoms with Gasteiger partial charge in [-0.15, -0.1) is 0 Å². The summed E-state index contributed by atoms with van der Waals surface area (Å²) in [6.07, 6.45) is 3.83. The molecule has 1 N–H and O–H groups in total. The van der Waals surface area contributed by atoms with Crippen molar-refractivity contribution in [2.24, 2.45) is 0 Å². The third kappa shape index (κ3) is 5.94. The van der Waals surface area contributed by atoms with Crippen molar-refractivity contribution in [1.82, 2.24) is 0 Å². The molecule has 4 rings (SSSR count). The van der Waals surface area contributed by atoms with Gasteiger partial charge in [0.1, 0.15) is 11.3 Å². The fraction of sp³-hybridized carbons (Fsp3) is 0.333. The number of carbonyl (C=O) groups is 2. The van der Waals surface area contributed by atoms with E-state index in [0.717, 1.165) is 41.6 Å². The Morgan fingerprint density at radius 1 is 0.919 bits per heavy atom. The van der Waals surface area contributed by atoms with Crippen LogP contribution in [0.5, 0.6) is 5.75 Å². The Morgan fingerprint density at radius 3 is 2.24 bits per heavy atom. The van der Waals surface area contributed by atoms with Gasteiger partial charge < -0.3 is 10.1 Å². The molecule has 194 valence electrons. The summed E-state index contributed by atoms with van der Waals surface area (Å²) in [4.78, 5) is 29.8. The van der Waals surface area contributed by atoms with E-state index in [1.54, 1.807) is 23.1 Å². The number of amides is 2. The molecule has 0 atom stereocenters. The summed E-state index contributed by atoms with van der Waals surface area (Å²) >= 11 is 12.3. The highest BCUT2D eigenvalue weighted by Gasteiger charge is 2.48. The average molecular weight is 540 g/mol. The lowest BCUT2D eigenvalue weighted by Gasteiger charge is -2.45. The predicted octanol–water partition coefficient (Wildman–Crippen LogP) is 7.67. The SMILES string of the molecule is Cc1cccc(N(C(=O)COc2ccc(Cl)cc2Cl)C2(C(=O)Nc3c(C)cccc3C)CCCCC2)c1. The molecule has 0 radical (unpaired) electrons. The fourth-order valence-corrected chi connectivity index (χ4v) is 5.59. The van der Waals surface area contributed by atoms with Crippen LogP contribution in [-0.2, 0) is 9.59 Å². The minimum absolute atomic E-state index is 0.177. The topological polar surface area (TPSA) is 58.6 Å². The van der Waals surface area contributed by atoms with Gasteiger partial charge in [0.2, 0.25) is 0 Å². The molecule has 0 heterocycles. The highest BCUT2D eigenvalue weighted by molar-refractivity contribution is 6.35. The molecule has 0 bridgehead atoms. The zero-order chi connectivity index (χ0) is 26.6. The number of nitrogens with one attached hydrogen (secondary N) is 1. The number of anilines is 2. The minimum Gasteiger partial charge on any atom is -0.482 e. The minimum atomic E-state index is -1.05. The second-order valence-electron chi connectivity index (χ2n) is 9.74. The van der Waals surface area contributed by atoms with Crippen molar-refractivity contribution >= 4 is 46.4 Å². The third-order valence-corrected chi connectivity index (χ3v) is 7.54. The van der Waals surface area contributed by atoms with Crippen LogP contribution in [0.25, 0.3) is 0 Å². The summed E-state index contributed by atoms with van der Waals surface area (Å²) in [6.45, 7) is 5.65. The van der Waals surface area contributed by atoms with E-state index in [0.29, 0.717) is 34.3 Å². The Hall–Kier alpha value is -3.02. The van der Waals surface area contributed by atoms with Gasteiger partial charge in [0.05, 0.1) is 5.02 Å². The molecule has 1 fully saturated rings. The molecule has 1 aliphatic carbocycles. The lowest BCUT2D eigenvalue weighted by Crippen LogP contribution is -2.61. The fourth-order valence-electron chi connectivity index (χ4n) is 5.12. The molecular formula is C30H32Cl2N2O3. The molecule has 7 heteroatoms. The number of para-hydroxylation sites is 1. The lowest BCUT2D eigenvalue weighted by molar-refractivity contribution is -0.129. The van der Waals surface area contributed by atoms with Gasteiger partial charge in [-0.3, -0.25) is 14.5 Å². The van der Waals surface area contributed by atoms with Gasteiger partial charge in [0, 0.05) is 16.4 Å². The van der Waals surface area contributed by atoms with Crippen molar-refractivity contribution in [3.8, 4) is 5.75 Å². The predicted molar refractivity (Wildman–Crippen MR) is 151 cm³/mol. The Morgan fingerprint density at radius 2 is 1.59 bits per heavy atom. The van der Waals surface area contributed by atoms with Gasteiger partial charge in [-0.05, 0) is 80.6 Å². The molecule has 0 unspecified atom stereocenters.